The predicted molar refractivity (Wildman–Crippen MR) is 119 cm³/mol. The molecule has 4 N–H and O–H groups in total. The van der Waals surface area contributed by atoms with Gasteiger partial charge in [0.15, 0.2) is 0 Å². The van der Waals surface area contributed by atoms with E-state index in [2.05, 4.69) is 46.5 Å². The summed E-state index contributed by atoms with van der Waals surface area (Å²) in [6.07, 6.45) is -3.72. The number of nitrogens with one attached hydrogen (secondary N) is 3. The summed E-state index contributed by atoms with van der Waals surface area (Å²) in [6, 6.07) is 14.4. The third-order valence-corrected chi connectivity index (χ3v) is 5.50. The van der Waals surface area contributed by atoms with Crippen LogP contribution in [0.25, 0.3) is 11.0 Å². The van der Waals surface area contributed by atoms with Crippen molar-refractivity contribution < 1.29 is 27.9 Å². The van der Waals surface area contributed by atoms with Crippen molar-refractivity contribution in [2.45, 2.75) is 32.0 Å². The molecule has 2 heterocycles. The van der Waals surface area contributed by atoms with Crippen molar-refractivity contribution in [3.05, 3.63) is 69.6 Å². The van der Waals surface area contributed by atoms with Crippen LogP contribution in [-0.4, -0.2) is 57.7 Å². The van der Waals surface area contributed by atoms with Crippen LogP contribution in [0.5, 0.6) is 0 Å². The van der Waals surface area contributed by atoms with Crippen LogP contribution < -0.4 is 11.0 Å². The molecule has 0 bridgehead atoms. The van der Waals surface area contributed by atoms with Crippen molar-refractivity contribution in [2.24, 2.45) is 0 Å². The van der Waals surface area contributed by atoms with E-state index in [0.29, 0.717) is 19.5 Å². The number of fused-ring (bicyclic) bond motifs is 1. The number of aromatic amines is 2. The maximum Gasteiger partial charge on any atom is 0.490 e. The molecule has 0 saturated carbocycles. The SMILES string of the molecule is CCc1ccc(C2CN(C(=O)Cc3ccc4[nH]c(=O)[nH]c4c3)CCN2)cc1.O=C(O)C(F)(F)F. The quantitative estimate of drug-likeness (QED) is 0.460. The number of aryl methyl sites for hydroxylation is 1. The Kier molecular flexibility index (Phi) is 7.77. The van der Waals surface area contributed by atoms with E-state index in [1.54, 1.807) is 0 Å². The second-order valence-corrected chi connectivity index (χ2v) is 7.88. The molecule has 0 aliphatic carbocycles. The number of benzene rings is 2. The standard InChI is InChI=1S/C21H24N4O2.C2HF3O2/c1-2-14-3-6-16(7-4-14)19-13-25(10-9-22-19)20(26)12-15-5-8-17-18(11-15)24-21(27)23-17;3-2(4,5)1(6)7/h3-8,11,19,22H,2,9-10,12-13H2,1H3,(H2,23,24,27);(H,6,7). The van der Waals surface area contributed by atoms with Gasteiger partial charge in [-0.25, -0.2) is 9.59 Å². The molecule has 1 saturated heterocycles. The van der Waals surface area contributed by atoms with E-state index in [1.807, 2.05) is 23.1 Å². The van der Waals surface area contributed by atoms with Crippen LogP contribution in [0.3, 0.4) is 0 Å². The number of nitrogens with zero attached hydrogens (tertiary/aromatic N) is 1. The normalized spacial score (nSPS) is 16.1. The maximum absolute atomic E-state index is 12.8. The first kappa shape index (κ1) is 25.0. The number of piperazine rings is 1. The Balaban J connectivity index is 0.000000406. The van der Waals surface area contributed by atoms with Crippen LogP contribution in [0.1, 0.15) is 29.7 Å². The average molecular weight is 478 g/mol. The van der Waals surface area contributed by atoms with Gasteiger partial charge in [0.1, 0.15) is 0 Å². The Bertz CT molecular complexity index is 1200. The van der Waals surface area contributed by atoms with E-state index in [9.17, 15) is 22.8 Å². The minimum absolute atomic E-state index is 0.115. The third kappa shape index (κ3) is 6.47. The number of halogens is 3. The molecule has 1 aromatic heterocycles. The van der Waals surface area contributed by atoms with Crippen LogP contribution in [0.4, 0.5) is 13.2 Å². The molecule has 4 rings (SSSR count). The molecule has 0 radical (unpaired) electrons. The molecule has 1 atom stereocenters. The van der Waals surface area contributed by atoms with E-state index in [0.717, 1.165) is 29.6 Å². The van der Waals surface area contributed by atoms with Crippen molar-refractivity contribution >= 4 is 22.9 Å². The first-order valence-electron chi connectivity index (χ1n) is 10.7. The molecule has 34 heavy (non-hydrogen) atoms. The van der Waals surface area contributed by atoms with Crippen LogP contribution in [0.15, 0.2) is 47.3 Å². The fourth-order valence-electron chi connectivity index (χ4n) is 3.66. The van der Waals surface area contributed by atoms with Gasteiger partial charge in [-0.3, -0.25) is 4.79 Å². The number of hydrogen-bond donors (Lipinski definition) is 4. The van der Waals surface area contributed by atoms with Crippen molar-refractivity contribution in [2.75, 3.05) is 19.6 Å². The van der Waals surface area contributed by atoms with E-state index in [-0.39, 0.29) is 17.6 Å². The Hall–Kier alpha value is -3.60. The first-order valence-corrected chi connectivity index (χ1v) is 10.7. The second-order valence-electron chi connectivity index (χ2n) is 7.88. The molecular weight excluding hydrogens is 453 g/mol. The summed E-state index contributed by atoms with van der Waals surface area (Å²) in [4.78, 5) is 40.5. The molecule has 1 amide bonds. The number of carboxylic acids is 1. The highest BCUT2D eigenvalue weighted by Crippen LogP contribution is 2.19. The molecule has 1 aliphatic heterocycles. The fourth-order valence-corrected chi connectivity index (χ4v) is 3.66. The number of amides is 1. The number of imidazole rings is 1. The van der Waals surface area contributed by atoms with Gasteiger partial charge in [0.25, 0.3) is 0 Å². The highest BCUT2D eigenvalue weighted by atomic mass is 19.4. The maximum atomic E-state index is 12.8. The molecule has 3 aromatic rings. The lowest BCUT2D eigenvalue weighted by atomic mass is 10.0. The summed E-state index contributed by atoms with van der Waals surface area (Å²) < 4.78 is 31.7. The fraction of sp³-hybridized carbons (Fsp3) is 0.348. The third-order valence-electron chi connectivity index (χ3n) is 5.50. The van der Waals surface area contributed by atoms with E-state index in [4.69, 9.17) is 9.90 Å². The Labute approximate surface area is 192 Å². The molecule has 1 fully saturated rings. The highest BCUT2D eigenvalue weighted by Gasteiger charge is 2.38. The van der Waals surface area contributed by atoms with E-state index in [1.165, 1.54) is 11.1 Å². The number of rotatable bonds is 4. The topological polar surface area (TPSA) is 118 Å². The lowest BCUT2D eigenvalue weighted by molar-refractivity contribution is -0.192. The summed E-state index contributed by atoms with van der Waals surface area (Å²) >= 11 is 0. The molecular formula is C23H25F3N4O4. The molecule has 8 nitrogen and oxygen atoms in total. The van der Waals surface area contributed by atoms with Crippen molar-refractivity contribution in [1.29, 1.82) is 0 Å². The average Bonchev–Trinajstić information content (AvgIpc) is 3.18. The molecule has 1 unspecified atom stereocenters. The number of aliphatic carboxylic acids is 1. The second kappa shape index (κ2) is 10.6. The smallest absolute Gasteiger partial charge is 0.475 e. The lowest BCUT2D eigenvalue weighted by Crippen LogP contribution is -2.48. The summed E-state index contributed by atoms with van der Waals surface area (Å²) in [6.45, 7) is 4.32. The minimum atomic E-state index is -5.08. The number of carbonyl (C=O) groups is 2. The number of hydrogen-bond acceptors (Lipinski definition) is 4. The Morgan fingerprint density at radius 1 is 1.06 bits per heavy atom. The molecule has 1 aliphatic rings. The van der Waals surface area contributed by atoms with Crippen molar-refractivity contribution in [1.82, 2.24) is 20.2 Å². The molecule has 11 heteroatoms. The van der Waals surface area contributed by atoms with Gasteiger partial charge in [0.05, 0.1) is 17.5 Å². The summed E-state index contributed by atoms with van der Waals surface area (Å²) in [5.74, 6) is -2.64. The highest BCUT2D eigenvalue weighted by molar-refractivity contribution is 5.81. The van der Waals surface area contributed by atoms with Gasteiger partial charge in [-0.2, -0.15) is 13.2 Å². The van der Waals surface area contributed by atoms with Gasteiger partial charge in [-0.15, -0.1) is 0 Å². The number of carbonyl (C=O) groups excluding carboxylic acids is 1. The van der Waals surface area contributed by atoms with Gasteiger partial charge < -0.3 is 25.3 Å². The number of carboxylic acid groups (broad SMARTS) is 1. The zero-order chi connectivity index (χ0) is 24.9. The van der Waals surface area contributed by atoms with Crippen LogP contribution in [0.2, 0.25) is 0 Å². The van der Waals surface area contributed by atoms with Crippen LogP contribution in [0, 0.1) is 0 Å². The number of alkyl halides is 3. The Morgan fingerprint density at radius 2 is 1.68 bits per heavy atom. The van der Waals surface area contributed by atoms with Gasteiger partial charge in [0.2, 0.25) is 5.91 Å². The first-order chi connectivity index (χ1) is 16.1. The predicted octanol–water partition coefficient (Wildman–Crippen LogP) is 2.77. The monoisotopic (exact) mass is 478 g/mol. The summed E-state index contributed by atoms with van der Waals surface area (Å²) in [5.41, 5.74) is 4.71. The van der Waals surface area contributed by atoms with E-state index >= 15 is 0 Å². The van der Waals surface area contributed by atoms with Gasteiger partial charge in [0, 0.05) is 25.7 Å². The lowest BCUT2D eigenvalue weighted by Gasteiger charge is -2.34. The van der Waals surface area contributed by atoms with Crippen molar-refractivity contribution in [3.63, 3.8) is 0 Å². The van der Waals surface area contributed by atoms with Crippen LogP contribution >= 0.6 is 0 Å². The van der Waals surface area contributed by atoms with Crippen molar-refractivity contribution in [3.8, 4) is 0 Å². The number of aromatic nitrogens is 2. The molecule has 182 valence electrons. The summed E-state index contributed by atoms with van der Waals surface area (Å²) in [7, 11) is 0. The van der Waals surface area contributed by atoms with Gasteiger partial charge in [-0.1, -0.05) is 37.3 Å². The largest absolute Gasteiger partial charge is 0.490 e. The minimum Gasteiger partial charge on any atom is -0.475 e. The Morgan fingerprint density at radius 3 is 2.29 bits per heavy atom. The molecule has 2 aromatic carbocycles. The van der Waals surface area contributed by atoms with E-state index < -0.39 is 12.1 Å². The van der Waals surface area contributed by atoms with Crippen LogP contribution in [-0.2, 0) is 22.4 Å². The van der Waals surface area contributed by atoms with Gasteiger partial charge in [-0.05, 0) is 35.2 Å². The van der Waals surface area contributed by atoms with Gasteiger partial charge >= 0.3 is 17.8 Å². The zero-order valence-electron chi connectivity index (χ0n) is 18.4. The number of H-pyrrole nitrogens is 2. The molecule has 0 spiro atoms. The summed E-state index contributed by atoms with van der Waals surface area (Å²) in [5, 5.41) is 10.6. The zero-order valence-corrected chi connectivity index (χ0v) is 18.4.